The van der Waals surface area contributed by atoms with Crippen LogP contribution in [0.5, 0.6) is 5.75 Å². The first-order chi connectivity index (χ1) is 15.3. The van der Waals surface area contributed by atoms with Gasteiger partial charge in [0.15, 0.2) is 23.0 Å². The van der Waals surface area contributed by atoms with E-state index in [4.69, 9.17) is 9.47 Å². The number of pyridine rings is 1. The molecule has 0 radical (unpaired) electrons. The molecule has 1 aliphatic heterocycles. The number of rotatable bonds is 5. The molecular weight excluding hydrogens is 451 g/mol. The Balaban J connectivity index is 2.07. The fourth-order valence-electron chi connectivity index (χ4n) is 3.95. The quantitative estimate of drug-likeness (QED) is 0.507. The number of methoxy groups -OCH3 is 1. The lowest BCUT2D eigenvalue weighted by Crippen LogP contribution is -2.47. The Morgan fingerprint density at radius 2 is 1.88 bits per heavy atom. The van der Waals surface area contributed by atoms with Crippen LogP contribution in [-0.2, 0) is 9.53 Å². The molecule has 0 spiro atoms. The van der Waals surface area contributed by atoms with Crippen molar-refractivity contribution in [2.24, 2.45) is 5.92 Å². The van der Waals surface area contributed by atoms with Gasteiger partial charge in [0.1, 0.15) is 11.8 Å². The van der Waals surface area contributed by atoms with E-state index in [1.165, 1.54) is 32.2 Å². The minimum atomic E-state index is -4.87. The van der Waals surface area contributed by atoms with Crippen molar-refractivity contribution < 1.29 is 41.0 Å². The molecule has 11 heteroatoms. The number of amides is 1. The van der Waals surface area contributed by atoms with Gasteiger partial charge in [-0.3, -0.25) is 14.6 Å². The molecule has 0 aliphatic carbocycles. The molecule has 1 N–H and O–H groups in total. The summed E-state index contributed by atoms with van der Waals surface area (Å²) in [6.45, 7) is 3.27. The van der Waals surface area contributed by atoms with E-state index in [0.717, 1.165) is 26.2 Å². The number of nitrogens with one attached hydrogen (secondary N) is 1. The highest BCUT2D eigenvalue weighted by Crippen LogP contribution is 2.55. The van der Waals surface area contributed by atoms with Crippen LogP contribution in [-0.4, -0.2) is 41.7 Å². The zero-order chi connectivity index (χ0) is 24.7. The molecule has 3 rings (SSSR count). The second kappa shape index (κ2) is 8.69. The number of ether oxygens (including phenoxy) is 2. The molecule has 1 amide bonds. The molecular formula is C22H21F5N2O4. The van der Waals surface area contributed by atoms with Gasteiger partial charge in [-0.1, -0.05) is 13.0 Å². The SMILES string of the molecule is COc1c([C@H]2[C@H](C(=O)Nc3ccnc(C(C)=O)c3)O[C@@](C)(C(F)(F)F)[C@H]2C)ccc(F)c1F. The molecule has 0 unspecified atom stereocenters. The van der Waals surface area contributed by atoms with E-state index in [0.29, 0.717) is 0 Å². The van der Waals surface area contributed by atoms with E-state index in [-0.39, 0.29) is 22.7 Å². The summed E-state index contributed by atoms with van der Waals surface area (Å²) in [5.41, 5.74) is -2.77. The monoisotopic (exact) mass is 472 g/mol. The normalized spacial score (nSPS) is 25.1. The van der Waals surface area contributed by atoms with Crippen LogP contribution in [0.25, 0.3) is 0 Å². The standard InChI is InChI=1S/C22H21F5N2O4/c1-10-16(13-5-6-14(23)17(24)18(13)32-4)19(33-21(10,3)22(25,26)27)20(31)29-12-7-8-28-15(9-12)11(2)30/h5-10,16,19H,1-4H3,(H,28,29,31)/t10-,16-,19+,21+/m0/s1. The number of hydrogen-bond donors (Lipinski definition) is 1. The predicted molar refractivity (Wildman–Crippen MR) is 107 cm³/mol. The van der Waals surface area contributed by atoms with E-state index in [9.17, 15) is 31.5 Å². The molecule has 1 aliphatic rings. The van der Waals surface area contributed by atoms with Crippen LogP contribution in [0.3, 0.4) is 0 Å². The molecule has 1 fully saturated rings. The lowest BCUT2D eigenvalue weighted by atomic mass is 9.77. The predicted octanol–water partition coefficient (Wildman–Crippen LogP) is 4.65. The van der Waals surface area contributed by atoms with Gasteiger partial charge in [-0.15, -0.1) is 0 Å². The first-order valence-electron chi connectivity index (χ1n) is 9.86. The van der Waals surface area contributed by atoms with Crippen molar-refractivity contribution in [3.8, 4) is 5.75 Å². The number of alkyl halides is 3. The van der Waals surface area contributed by atoms with Crippen molar-refractivity contribution in [3.63, 3.8) is 0 Å². The zero-order valence-corrected chi connectivity index (χ0v) is 18.1. The van der Waals surface area contributed by atoms with Crippen LogP contribution in [0.15, 0.2) is 30.5 Å². The maximum atomic E-state index is 14.4. The van der Waals surface area contributed by atoms with Crippen LogP contribution < -0.4 is 10.1 Å². The molecule has 0 bridgehead atoms. The van der Waals surface area contributed by atoms with Gasteiger partial charge in [0.2, 0.25) is 5.82 Å². The van der Waals surface area contributed by atoms with Gasteiger partial charge in [-0.25, -0.2) is 4.39 Å². The van der Waals surface area contributed by atoms with Gasteiger partial charge < -0.3 is 14.8 Å². The van der Waals surface area contributed by atoms with Crippen molar-refractivity contribution in [1.29, 1.82) is 0 Å². The maximum absolute atomic E-state index is 14.4. The van der Waals surface area contributed by atoms with Crippen LogP contribution in [0.1, 0.15) is 42.7 Å². The molecule has 4 atom stereocenters. The van der Waals surface area contributed by atoms with E-state index in [1.54, 1.807) is 0 Å². The van der Waals surface area contributed by atoms with Gasteiger partial charge in [-0.2, -0.15) is 17.6 Å². The van der Waals surface area contributed by atoms with Gasteiger partial charge in [0.05, 0.1) is 7.11 Å². The van der Waals surface area contributed by atoms with Crippen molar-refractivity contribution in [3.05, 3.63) is 53.4 Å². The smallest absolute Gasteiger partial charge is 0.417 e. The molecule has 1 aromatic heterocycles. The molecule has 178 valence electrons. The number of anilines is 1. The topological polar surface area (TPSA) is 77.5 Å². The summed E-state index contributed by atoms with van der Waals surface area (Å²) in [5, 5.41) is 2.42. The van der Waals surface area contributed by atoms with Crippen molar-refractivity contribution >= 4 is 17.4 Å². The first-order valence-corrected chi connectivity index (χ1v) is 9.86. The van der Waals surface area contributed by atoms with Crippen LogP contribution in [0.4, 0.5) is 27.6 Å². The molecule has 33 heavy (non-hydrogen) atoms. The fraction of sp³-hybridized carbons (Fsp3) is 0.409. The second-order valence-electron chi connectivity index (χ2n) is 7.92. The highest BCUT2D eigenvalue weighted by Gasteiger charge is 2.65. The van der Waals surface area contributed by atoms with Gasteiger partial charge >= 0.3 is 6.18 Å². The minimum Gasteiger partial charge on any atom is -0.493 e. The first kappa shape index (κ1) is 24.6. The Labute approximate surface area is 186 Å². The lowest BCUT2D eigenvalue weighted by Gasteiger charge is -2.32. The number of benzene rings is 1. The molecule has 2 heterocycles. The molecule has 1 saturated heterocycles. The van der Waals surface area contributed by atoms with E-state index < -0.39 is 53.0 Å². The Morgan fingerprint density at radius 1 is 1.21 bits per heavy atom. The number of halogens is 5. The third-order valence-electron chi connectivity index (χ3n) is 5.96. The number of hydrogen-bond acceptors (Lipinski definition) is 5. The Kier molecular flexibility index (Phi) is 6.47. The minimum absolute atomic E-state index is 0.0347. The Bertz CT molecular complexity index is 1090. The summed E-state index contributed by atoms with van der Waals surface area (Å²) in [7, 11) is 1.04. The largest absolute Gasteiger partial charge is 0.493 e. The van der Waals surface area contributed by atoms with Gasteiger partial charge in [0.25, 0.3) is 5.91 Å². The molecule has 0 saturated carbocycles. The number of Topliss-reactive ketones (excluding diaryl/α,β-unsaturated/α-hetero) is 1. The molecule has 2 aromatic rings. The van der Waals surface area contributed by atoms with Gasteiger partial charge in [-0.05, 0) is 25.1 Å². The average molecular weight is 472 g/mol. The third kappa shape index (κ3) is 4.29. The third-order valence-corrected chi connectivity index (χ3v) is 5.96. The lowest BCUT2D eigenvalue weighted by molar-refractivity contribution is -0.272. The van der Waals surface area contributed by atoms with Crippen LogP contribution >= 0.6 is 0 Å². The second-order valence-corrected chi connectivity index (χ2v) is 7.92. The Hall–Kier alpha value is -3.08. The summed E-state index contributed by atoms with van der Waals surface area (Å²) < 4.78 is 80.2. The summed E-state index contributed by atoms with van der Waals surface area (Å²) in [6, 6.07) is 4.43. The van der Waals surface area contributed by atoms with E-state index in [1.807, 2.05) is 0 Å². The zero-order valence-electron chi connectivity index (χ0n) is 18.1. The Morgan fingerprint density at radius 3 is 2.45 bits per heavy atom. The number of nitrogens with zero attached hydrogens (tertiary/aromatic N) is 1. The van der Waals surface area contributed by atoms with Crippen molar-refractivity contribution in [2.75, 3.05) is 12.4 Å². The summed E-state index contributed by atoms with van der Waals surface area (Å²) in [5.74, 6) is -7.31. The fourth-order valence-corrected chi connectivity index (χ4v) is 3.95. The van der Waals surface area contributed by atoms with Crippen LogP contribution in [0, 0.1) is 17.6 Å². The van der Waals surface area contributed by atoms with Gasteiger partial charge in [0, 0.05) is 36.2 Å². The van der Waals surface area contributed by atoms with Crippen molar-refractivity contribution in [1.82, 2.24) is 4.98 Å². The summed E-state index contributed by atoms with van der Waals surface area (Å²) in [6.07, 6.45) is -5.36. The average Bonchev–Trinajstić information content (AvgIpc) is 3.02. The summed E-state index contributed by atoms with van der Waals surface area (Å²) >= 11 is 0. The molecule has 1 aromatic carbocycles. The highest BCUT2D eigenvalue weighted by atomic mass is 19.4. The number of carbonyl (C=O) groups is 2. The molecule has 6 nitrogen and oxygen atoms in total. The summed E-state index contributed by atoms with van der Waals surface area (Å²) in [4.78, 5) is 28.5. The maximum Gasteiger partial charge on any atom is 0.417 e. The van der Waals surface area contributed by atoms with Crippen molar-refractivity contribution in [2.45, 2.75) is 44.6 Å². The van der Waals surface area contributed by atoms with E-state index in [2.05, 4.69) is 10.3 Å². The highest BCUT2D eigenvalue weighted by molar-refractivity contribution is 5.97. The number of carbonyl (C=O) groups excluding carboxylic acids is 2. The van der Waals surface area contributed by atoms with Crippen LogP contribution in [0.2, 0.25) is 0 Å². The van der Waals surface area contributed by atoms with E-state index >= 15 is 0 Å². The number of aromatic nitrogens is 1. The number of ketones is 1.